The van der Waals surface area contributed by atoms with Crippen molar-refractivity contribution < 1.29 is 4.79 Å². The number of aromatic nitrogens is 3. The molecule has 1 amide bonds. The predicted octanol–water partition coefficient (Wildman–Crippen LogP) is 1.28. The summed E-state index contributed by atoms with van der Waals surface area (Å²) in [6.45, 7) is 4.61. The van der Waals surface area contributed by atoms with E-state index >= 15 is 0 Å². The molecule has 23 heavy (non-hydrogen) atoms. The van der Waals surface area contributed by atoms with E-state index in [4.69, 9.17) is 0 Å². The van der Waals surface area contributed by atoms with Crippen LogP contribution in [0.5, 0.6) is 0 Å². The minimum Gasteiger partial charge on any atom is -0.334 e. The van der Waals surface area contributed by atoms with Crippen LogP contribution in [-0.2, 0) is 0 Å². The Morgan fingerprint density at radius 1 is 1.35 bits per heavy atom. The van der Waals surface area contributed by atoms with Crippen LogP contribution in [0.25, 0.3) is 11.4 Å². The van der Waals surface area contributed by atoms with Crippen LogP contribution in [0.3, 0.4) is 0 Å². The van der Waals surface area contributed by atoms with E-state index in [-0.39, 0.29) is 5.91 Å². The summed E-state index contributed by atoms with van der Waals surface area (Å²) in [5.74, 6) is 1.25. The van der Waals surface area contributed by atoms with Crippen LogP contribution in [0.4, 0.5) is 0 Å². The Kier molecular flexibility index (Phi) is 3.53. The van der Waals surface area contributed by atoms with Gasteiger partial charge in [0.2, 0.25) is 0 Å². The largest absolute Gasteiger partial charge is 0.334 e. The minimum absolute atomic E-state index is 0.0523. The molecule has 6 nitrogen and oxygen atoms in total. The topological polar surface area (TPSA) is 71.0 Å². The van der Waals surface area contributed by atoms with Gasteiger partial charge in [0, 0.05) is 49.8 Å². The van der Waals surface area contributed by atoms with E-state index in [1.54, 1.807) is 18.6 Å². The second kappa shape index (κ2) is 5.70. The van der Waals surface area contributed by atoms with Crippen molar-refractivity contribution in [3.8, 4) is 11.4 Å². The Hall–Kier alpha value is -2.34. The molecule has 2 aliphatic heterocycles. The fraction of sp³-hybridized carbons (Fsp3) is 0.412. The number of carbonyl (C=O) groups is 1. The molecule has 4 rings (SSSR count). The molecule has 0 spiro atoms. The van der Waals surface area contributed by atoms with E-state index in [1.807, 2.05) is 24.0 Å². The molecule has 0 aromatic carbocycles. The zero-order chi connectivity index (χ0) is 15.8. The van der Waals surface area contributed by atoms with E-state index in [0.29, 0.717) is 23.3 Å². The van der Waals surface area contributed by atoms with Gasteiger partial charge < -0.3 is 10.2 Å². The van der Waals surface area contributed by atoms with E-state index in [2.05, 4.69) is 20.3 Å². The monoisotopic (exact) mass is 309 g/mol. The second-order valence-electron chi connectivity index (χ2n) is 6.21. The maximum absolute atomic E-state index is 12.9. The third kappa shape index (κ3) is 2.49. The summed E-state index contributed by atoms with van der Waals surface area (Å²) in [5, 5.41) is 3.37. The number of hydrogen-bond donors (Lipinski definition) is 1. The zero-order valence-corrected chi connectivity index (χ0v) is 13.1. The molecule has 2 fully saturated rings. The van der Waals surface area contributed by atoms with Crippen LogP contribution in [0.1, 0.15) is 22.5 Å². The molecule has 1 N–H and O–H groups in total. The maximum atomic E-state index is 12.9. The molecule has 4 heterocycles. The molecular formula is C17H19N5O. The Morgan fingerprint density at radius 3 is 3.04 bits per heavy atom. The average molecular weight is 309 g/mol. The normalized spacial score (nSPS) is 23.1. The standard InChI is InChI=1S/C17H19N5O/c1-11-14(9-20-16(21-11)13-3-2-5-18-8-13)17(23)22-6-4-12-7-19-10-15(12)22/h2-3,5,8-9,12,15,19H,4,6-7,10H2,1H3/t12-,15+/m0/s1. The van der Waals surface area contributed by atoms with Crippen LogP contribution in [0, 0.1) is 12.8 Å². The molecule has 6 heteroatoms. The first-order valence-corrected chi connectivity index (χ1v) is 8.00. The lowest BCUT2D eigenvalue weighted by atomic mass is 10.0. The highest BCUT2D eigenvalue weighted by molar-refractivity contribution is 5.95. The smallest absolute Gasteiger partial charge is 0.257 e. The number of amides is 1. The van der Waals surface area contributed by atoms with Crippen LogP contribution >= 0.6 is 0 Å². The van der Waals surface area contributed by atoms with Crippen molar-refractivity contribution in [2.75, 3.05) is 19.6 Å². The number of likely N-dealkylation sites (tertiary alicyclic amines) is 1. The van der Waals surface area contributed by atoms with Crippen LogP contribution < -0.4 is 5.32 Å². The van der Waals surface area contributed by atoms with E-state index < -0.39 is 0 Å². The lowest BCUT2D eigenvalue weighted by molar-refractivity contribution is 0.0735. The van der Waals surface area contributed by atoms with Gasteiger partial charge in [0.05, 0.1) is 11.3 Å². The number of nitrogens with one attached hydrogen (secondary N) is 1. The van der Waals surface area contributed by atoms with Gasteiger partial charge in [-0.2, -0.15) is 0 Å². The molecule has 0 saturated carbocycles. The van der Waals surface area contributed by atoms with Crippen molar-refractivity contribution in [3.05, 3.63) is 42.0 Å². The molecular weight excluding hydrogens is 290 g/mol. The summed E-state index contributed by atoms with van der Waals surface area (Å²) < 4.78 is 0. The van der Waals surface area contributed by atoms with E-state index in [9.17, 15) is 4.79 Å². The quantitative estimate of drug-likeness (QED) is 0.905. The van der Waals surface area contributed by atoms with Gasteiger partial charge in [-0.1, -0.05) is 0 Å². The summed E-state index contributed by atoms with van der Waals surface area (Å²) in [6, 6.07) is 4.09. The number of carbonyl (C=O) groups excluding carboxylic acids is 1. The molecule has 0 radical (unpaired) electrons. The first-order chi connectivity index (χ1) is 11.2. The van der Waals surface area contributed by atoms with Crippen LogP contribution in [0.15, 0.2) is 30.7 Å². The highest BCUT2D eigenvalue weighted by Crippen LogP contribution is 2.29. The Morgan fingerprint density at radius 2 is 2.26 bits per heavy atom. The Labute approximate surface area is 135 Å². The second-order valence-corrected chi connectivity index (χ2v) is 6.21. The van der Waals surface area contributed by atoms with Gasteiger partial charge in [-0.05, 0) is 31.4 Å². The minimum atomic E-state index is 0.0523. The fourth-order valence-corrected chi connectivity index (χ4v) is 3.57. The van der Waals surface area contributed by atoms with Gasteiger partial charge in [0.15, 0.2) is 5.82 Å². The van der Waals surface area contributed by atoms with Crippen molar-refractivity contribution in [1.82, 2.24) is 25.2 Å². The van der Waals surface area contributed by atoms with Gasteiger partial charge in [-0.15, -0.1) is 0 Å². The van der Waals surface area contributed by atoms with Gasteiger partial charge in [-0.3, -0.25) is 9.78 Å². The van der Waals surface area contributed by atoms with Crippen molar-refractivity contribution >= 4 is 5.91 Å². The number of pyridine rings is 1. The van der Waals surface area contributed by atoms with Gasteiger partial charge in [-0.25, -0.2) is 9.97 Å². The van der Waals surface area contributed by atoms with Crippen molar-refractivity contribution in [2.45, 2.75) is 19.4 Å². The number of rotatable bonds is 2. The number of nitrogens with zero attached hydrogens (tertiary/aromatic N) is 4. The SMILES string of the molecule is Cc1nc(-c2cccnc2)ncc1C(=O)N1CC[C@H]2CNC[C@H]21. The summed E-state index contributed by atoms with van der Waals surface area (Å²) in [6.07, 6.45) is 6.18. The highest BCUT2D eigenvalue weighted by Gasteiger charge is 2.40. The maximum Gasteiger partial charge on any atom is 0.257 e. The molecule has 0 bridgehead atoms. The van der Waals surface area contributed by atoms with Crippen molar-refractivity contribution in [2.24, 2.45) is 5.92 Å². The summed E-state index contributed by atoms with van der Waals surface area (Å²) in [7, 11) is 0. The Balaban J connectivity index is 1.61. The third-order valence-corrected chi connectivity index (χ3v) is 4.84. The molecule has 2 saturated heterocycles. The average Bonchev–Trinajstić information content (AvgIpc) is 3.18. The molecule has 2 aliphatic rings. The number of fused-ring (bicyclic) bond motifs is 1. The fourth-order valence-electron chi connectivity index (χ4n) is 3.57. The van der Waals surface area contributed by atoms with Crippen molar-refractivity contribution in [1.29, 1.82) is 0 Å². The van der Waals surface area contributed by atoms with Crippen LogP contribution in [-0.4, -0.2) is 51.4 Å². The zero-order valence-electron chi connectivity index (χ0n) is 13.1. The van der Waals surface area contributed by atoms with E-state index in [1.165, 1.54) is 0 Å². The first kappa shape index (κ1) is 14.3. The van der Waals surface area contributed by atoms with E-state index in [0.717, 1.165) is 37.3 Å². The molecule has 118 valence electrons. The highest BCUT2D eigenvalue weighted by atomic mass is 16.2. The Bertz CT molecular complexity index is 733. The lowest BCUT2D eigenvalue weighted by Gasteiger charge is -2.23. The van der Waals surface area contributed by atoms with Crippen LogP contribution in [0.2, 0.25) is 0 Å². The van der Waals surface area contributed by atoms with Crippen molar-refractivity contribution in [3.63, 3.8) is 0 Å². The predicted molar refractivity (Wildman–Crippen MR) is 85.8 cm³/mol. The number of aryl methyl sites for hydroxylation is 1. The molecule has 0 unspecified atom stereocenters. The first-order valence-electron chi connectivity index (χ1n) is 8.00. The summed E-state index contributed by atoms with van der Waals surface area (Å²) in [4.78, 5) is 27.8. The van der Waals surface area contributed by atoms with Gasteiger partial charge >= 0.3 is 0 Å². The summed E-state index contributed by atoms with van der Waals surface area (Å²) in [5.41, 5.74) is 2.18. The van der Waals surface area contributed by atoms with Gasteiger partial charge in [0.25, 0.3) is 5.91 Å². The third-order valence-electron chi connectivity index (χ3n) is 4.84. The van der Waals surface area contributed by atoms with Gasteiger partial charge in [0.1, 0.15) is 0 Å². The number of hydrogen-bond acceptors (Lipinski definition) is 5. The molecule has 2 atom stereocenters. The molecule has 0 aliphatic carbocycles. The molecule has 2 aromatic heterocycles. The molecule has 2 aromatic rings. The summed E-state index contributed by atoms with van der Waals surface area (Å²) >= 11 is 0. The lowest BCUT2D eigenvalue weighted by Crippen LogP contribution is -2.39.